The van der Waals surface area contributed by atoms with Gasteiger partial charge in [0.1, 0.15) is 5.82 Å². The number of rotatable bonds is 7. The van der Waals surface area contributed by atoms with E-state index in [0.29, 0.717) is 0 Å². The number of hydrogen-bond acceptors (Lipinski definition) is 4. The molecule has 186 valence electrons. The summed E-state index contributed by atoms with van der Waals surface area (Å²) in [6.07, 6.45) is 4.00. The van der Waals surface area contributed by atoms with E-state index in [1.54, 1.807) is 0 Å². The van der Waals surface area contributed by atoms with Gasteiger partial charge in [0.05, 0.1) is 12.2 Å². The van der Waals surface area contributed by atoms with Crippen molar-refractivity contribution in [2.45, 2.75) is 25.8 Å². The van der Waals surface area contributed by atoms with Crippen molar-refractivity contribution < 1.29 is 0 Å². The van der Waals surface area contributed by atoms with E-state index in [1.807, 2.05) is 16.8 Å². The highest BCUT2D eigenvalue weighted by atomic mass is 15.4. The lowest BCUT2D eigenvalue weighted by atomic mass is 9.96. The normalized spacial score (nSPS) is 14.5. The van der Waals surface area contributed by atoms with Gasteiger partial charge in [-0.2, -0.15) is 9.61 Å². The minimum Gasteiger partial charge on any atom is -0.354 e. The number of aryl methyl sites for hydroxylation is 1. The molecule has 1 aliphatic heterocycles. The van der Waals surface area contributed by atoms with Gasteiger partial charge in [0.25, 0.3) is 0 Å². The average Bonchev–Trinajstić information content (AvgIpc) is 3.39. The third-order valence-electron chi connectivity index (χ3n) is 7.33. The molecule has 1 fully saturated rings. The summed E-state index contributed by atoms with van der Waals surface area (Å²) in [6.45, 7) is 6.07. The van der Waals surface area contributed by atoms with E-state index in [1.165, 1.54) is 11.1 Å². The molecule has 3 aromatic carbocycles. The molecule has 6 rings (SSSR count). The highest BCUT2D eigenvalue weighted by molar-refractivity contribution is 5.78. The molecule has 0 radical (unpaired) electrons. The molecule has 0 amide bonds. The minimum absolute atomic E-state index is 0.257. The molecule has 0 unspecified atom stereocenters. The Hall–Kier alpha value is -3.96. The van der Waals surface area contributed by atoms with Crippen molar-refractivity contribution >= 4 is 11.5 Å². The Morgan fingerprint density at radius 3 is 1.95 bits per heavy atom. The third-order valence-corrected chi connectivity index (χ3v) is 7.33. The molecule has 0 N–H and O–H groups in total. The summed E-state index contributed by atoms with van der Waals surface area (Å²) >= 11 is 0. The van der Waals surface area contributed by atoms with Crippen molar-refractivity contribution in [1.82, 2.24) is 19.5 Å². The highest BCUT2D eigenvalue weighted by Crippen LogP contribution is 2.32. The number of piperazine rings is 1. The first-order valence-corrected chi connectivity index (χ1v) is 13.3. The minimum atomic E-state index is 0.257. The summed E-state index contributed by atoms with van der Waals surface area (Å²) in [5.74, 6) is 1.14. The lowest BCUT2D eigenvalue weighted by Gasteiger charge is -2.40. The van der Waals surface area contributed by atoms with E-state index in [0.717, 1.165) is 67.3 Å². The maximum atomic E-state index is 5.04. The van der Waals surface area contributed by atoms with Crippen molar-refractivity contribution in [3.63, 3.8) is 0 Å². The largest absolute Gasteiger partial charge is 0.354 e. The Labute approximate surface area is 219 Å². The molecular weight excluding hydrogens is 454 g/mol. The standard InChI is InChI=1S/C32H33N5/c1-2-12-28-23-30(37-32(34-28)29(24-33-37)25-13-6-3-7-14-25)35-19-21-36(22-20-35)31(26-15-8-4-9-16-26)27-17-10-5-11-18-27/h3-11,13-18,23-24,31H,2,12,19-22H2,1H3. The Morgan fingerprint density at radius 1 is 0.757 bits per heavy atom. The van der Waals surface area contributed by atoms with Crippen LogP contribution in [0.3, 0.4) is 0 Å². The van der Waals surface area contributed by atoms with Gasteiger partial charge in [0, 0.05) is 43.5 Å². The molecule has 5 nitrogen and oxygen atoms in total. The molecule has 3 heterocycles. The smallest absolute Gasteiger partial charge is 0.165 e. The van der Waals surface area contributed by atoms with Gasteiger partial charge < -0.3 is 4.90 Å². The number of benzene rings is 3. The first-order valence-electron chi connectivity index (χ1n) is 13.3. The Balaban J connectivity index is 1.31. The molecule has 5 heteroatoms. The predicted octanol–water partition coefficient (Wildman–Crippen LogP) is 6.26. The maximum absolute atomic E-state index is 5.04. The number of hydrogen-bond donors (Lipinski definition) is 0. The molecule has 5 aromatic rings. The molecule has 0 spiro atoms. The van der Waals surface area contributed by atoms with Crippen molar-refractivity contribution in [3.8, 4) is 11.1 Å². The zero-order valence-electron chi connectivity index (χ0n) is 21.4. The van der Waals surface area contributed by atoms with Gasteiger partial charge in [0.15, 0.2) is 5.65 Å². The molecule has 0 atom stereocenters. The molecular formula is C32H33N5. The van der Waals surface area contributed by atoms with Gasteiger partial charge in [-0.1, -0.05) is 104 Å². The molecule has 0 aliphatic carbocycles. The Morgan fingerprint density at radius 2 is 1.35 bits per heavy atom. The van der Waals surface area contributed by atoms with Crippen LogP contribution in [0, 0.1) is 0 Å². The monoisotopic (exact) mass is 487 g/mol. The fourth-order valence-corrected chi connectivity index (χ4v) is 5.52. The molecule has 0 bridgehead atoms. The van der Waals surface area contributed by atoms with Gasteiger partial charge in [-0.25, -0.2) is 4.98 Å². The van der Waals surface area contributed by atoms with Crippen LogP contribution < -0.4 is 4.90 Å². The number of nitrogens with zero attached hydrogens (tertiary/aromatic N) is 5. The fourth-order valence-electron chi connectivity index (χ4n) is 5.52. The number of anilines is 1. The van der Waals surface area contributed by atoms with Crippen LogP contribution in [0.5, 0.6) is 0 Å². The van der Waals surface area contributed by atoms with Crippen LogP contribution in [0.15, 0.2) is 103 Å². The third kappa shape index (κ3) is 4.75. The molecule has 1 aliphatic rings. The van der Waals surface area contributed by atoms with Crippen LogP contribution in [0.1, 0.15) is 36.2 Å². The zero-order chi connectivity index (χ0) is 25.0. The van der Waals surface area contributed by atoms with E-state index in [9.17, 15) is 0 Å². The van der Waals surface area contributed by atoms with Crippen molar-refractivity contribution in [2.75, 3.05) is 31.1 Å². The van der Waals surface area contributed by atoms with E-state index in [4.69, 9.17) is 10.1 Å². The Bertz CT molecular complexity index is 1400. The quantitative estimate of drug-likeness (QED) is 0.271. The van der Waals surface area contributed by atoms with Gasteiger partial charge in [-0.05, 0) is 23.1 Å². The molecule has 0 saturated carbocycles. The SMILES string of the molecule is CCCc1cc(N2CCN(C(c3ccccc3)c3ccccc3)CC2)n2ncc(-c3ccccc3)c2n1. The van der Waals surface area contributed by atoms with Crippen LogP contribution >= 0.6 is 0 Å². The lowest BCUT2D eigenvalue weighted by molar-refractivity contribution is 0.211. The van der Waals surface area contributed by atoms with E-state index in [2.05, 4.69) is 108 Å². The van der Waals surface area contributed by atoms with Gasteiger partial charge in [-0.3, -0.25) is 4.90 Å². The second kappa shape index (κ2) is 10.6. The maximum Gasteiger partial charge on any atom is 0.165 e. The molecule has 2 aromatic heterocycles. The predicted molar refractivity (Wildman–Crippen MR) is 151 cm³/mol. The van der Waals surface area contributed by atoms with Gasteiger partial charge >= 0.3 is 0 Å². The number of aromatic nitrogens is 3. The summed E-state index contributed by atoms with van der Waals surface area (Å²) in [6, 6.07) is 34.8. The topological polar surface area (TPSA) is 36.7 Å². The van der Waals surface area contributed by atoms with Gasteiger partial charge in [-0.15, -0.1) is 0 Å². The zero-order valence-corrected chi connectivity index (χ0v) is 21.4. The summed E-state index contributed by atoms with van der Waals surface area (Å²) in [5, 5.41) is 4.82. The van der Waals surface area contributed by atoms with Crippen LogP contribution in [0.4, 0.5) is 5.82 Å². The first kappa shape index (κ1) is 23.4. The second-order valence-electron chi connectivity index (χ2n) is 9.76. The van der Waals surface area contributed by atoms with Crippen LogP contribution in [0.2, 0.25) is 0 Å². The average molecular weight is 488 g/mol. The summed E-state index contributed by atoms with van der Waals surface area (Å²) in [7, 11) is 0. The van der Waals surface area contributed by atoms with Crippen LogP contribution in [0.25, 0.3) is 16.8 Å². The van der Waals surface area contributed by atoms with Crippen molar-refractivity contribution in [1.29, 1.82) is 0 Å². The van der Waals surface area contributed by atoms with Crippen molar-refractivity contribution in [3.05, 3.63) is 120 Å². The molecule has 1 saturated heterocycles. The van der Waals surface area contributed by atoms with Crippen LogP contribution in [-0.4, -0.2) is 45.7 Å². The lowest BCUT2D eigenvalue weighted by Crippen LogP contribution is -2.48. The highest BCUT2D eigenvalue weighted by Gasteiger charge is 2.28. The fraction of sp³-hybridized carbons (Fsp3) is 0.250. The van der Waals surface area contributed by atoms with E-state index < -0.39 is 0 Å². The summed E-state index contributed by atoms with van der Waals surface area (Å²) in [5.41, 5.74) is 7.02. The van der Waals surface area contributed by atoms with Gasteiger partial charge in [0.2, 0.25) is 0 Å². The van der Waals surface area contributed by atoms with E-state index in [-0.39, 0.29) is 6.04 Å². The summed E-state index contributed by atoms with van der Waals surface area (Å²) < 4.78 is 2.04. The Kier molecular flexibility index (Phi) is 6.70. The molecule has 37 heavy (non-hydrogen) atoms. The van der Waals surface area contributed by atoms with Crippen molar-refractivity contribution in [2.24, 2.45) is 0 Å². The number of fused-ring (bicyclic) bond motifs is 1. The van der Waals surface area contributed by atoms with Crippen LogP contribution in [-0.2, 0) is 6.42 Å². The first-order chi connectivity index (χ1) is 18.3. The van der Waals surface area contributed by atoms with E-state index >= 15 is 0 Å². The second-order valence-corrected chi connectivity index (χ2v) is 9.76. The summed E-state index contributed by atoms with van der Waals surface area (Å²) in [4.78, 5) is 10.1.